The molecule has 7 nitrogen and oxygen atoms in total. The number of halogens is 2. The molecule has 1 atom stereocenters. The van der Waals surface area contributed by atoms with Crippen LogP contribution in [-0.2, 0) is 4.79 Å². The summed E-state index contributed by atoms with van der Waals surface area (Å²) < 4.78 is 11.6. The van der Waals surface area contributed by atoms with E-state index in [1.807, 2.05) is 20.8 Å². The number of rotatable bonds is 9. The lowest BCUT2D eigenvalue weighted by Crippen LogP contribution is -2.48. The number of carbonyl (C=O) groups is 2. The van der Waals surface area contributed by atoms with Crippen LogP contribution in [0.5, 0.6) is 11.5 Å². The van der Waals surface area contributed by atoms with Crippen molar-refractivity contribution in [1.29, 1.82) is 0 Å². The first-order valence-corrected chi connectivity index (χ1v) is 10.8. The van der Waals surface area contributed by atoms with Crippen LogP contribution in [0, 0.1) is 5.92 Å². The van der Waals surface area contributed by atoms with Gasteiger partial charge >= 0.3 is 0 Å². The maximum absolute atomic E-state index is 12.6. The van der Waals surface area contributed by atoms with Gasteiger partial charge in [0.2, 0.25) is 0 Å². The van der Waals surface area contributed by atoms with Crippen LogP contribution in [0.3, 0.4) is 0 Å². The number of carbonyl (C=O) groups excluding carboxylic acids is 2. The molecule has 0 bridgehead atoms. The molecule has 0 radical (unpaired) electrons. The van der Waals surface area contributed by atoms with Crippen LogP contribution in [0.15, 0.2) is 46.0 Å². The summed E-state index contributed by atoms with van der Waals surface area (Å²) in [7, 11) is 1.56. The van der Waals surface area contributed by atoms with Gasteiger partial charge in [-0.25, -0.2) is 5.43 Å². The third kappa shape index (κ3) is 6.97. The molecule has 0 saturated heterocycles. The van der Waals surface area contributed by atoms with E-state index >= 15 is 0 Å². The maximum atomic E-state index is 12.6. The maximum Gasteiger partial charge on any atom is 0.262 e. The molecule has 2 aromatic rings. The van der Waals surface area contributed by atoms with Crippen LogP contribution < -0.4 is 20.2 Å². The number of hydrogen-bond acceptors (Lipinski definition) is 5. The Morgan fingerprint density at radius 1 is 1.26 bits per heavy atom. The van der Waals surface area contributed by atoms with E-state index < -0.39 is 11.9 Å². The monoisotopic (exact) mass is 509 g/mol. The van der Waals surface area contributed by atoms with E-state index in [1.165, 1.54) is 6.21 Å². The SMILES string of the molecule is CCOc1cc(C=NNC(=O)C(NC(=O)c2cccc(Cl)c2)C(C)C)cc(Br)c1OC. The van der Waals surface area contributed by atoms with Crippen LogP contribution >= 0.6 is 27.5 Å². The number of methoxy groups -OCH3 is 1. The Balaban J connectivity index is 2.09. The van der Waals surface area contributed by atoms with Gasteiger partial charge in [0, 0.05) is 10.6 Å². The van der Waals surface area contributed by atoms with E-state index in [2.05, 4.69) is 31.8 Å². The quantitative estimate of drug-likeness (QED) is 0.386. The first-order chi connectivity index (χ1) is 14.8. The summed E-state index contributed by atoms with van der Waals surface area (Å²) in [5.41, 5.74) is 3.55. The number of benzene rings is 2. The number of hydrazone groups is 1. The van der Waals surface area contributed by atoms with Gasteiger partial charge in [-0.15, -0.1) is 0 Å². The van der Waals surface area contributed by atoms with Crippen molar-refractivity contribution in [1.82, 2.24) is 10.7 Å². The van der Waals surface area contributed by atoms with E-state index in [4.69, 9.17) is 21.1 Å². The molecule has 31 heavy (non-hydrogen) atoms. The van der Waals surface area contributed by atoms with Gasteiger partial charge in [0.05, 0.1) is 24.4 Å². The van der Waals surface area contributed by atoms with Crippen LogP contribution in [0.4, 0.5) is 0 Å². The average Bonchev–Trinajstić information content (AvgIpc) is 2.71. The zero-order valence-corrected chi connectivity index (χ0v) is 20.1. The van der Waals surface area contributed by atoms with Gasteiger partial charge < -0.3 is 14.8 Å². The van der Waals surface area contributed by atoms with Crippen molar-refractivity contribution >= 4 is 45.6 Å². The smallest absolute Gasteiger partial charge is 0.262 e. The summed E-state index contributed by atoms with van der Waals surface area (Å²) in [4.78, 5) is 25.1. The van der Waals surface area contributed by atoms with E-state index in [-0.39, 0.29) is 11.8 Å². The number of ether oxygens (including phenoxy) is 2. The predicted octanol–water partition coefficient (Wildman–Crippen LogP) is 4.41. The van der Waals surface area contributed by atoms with E-state index in [1.54, 1.807) is 43.5 Å². The first kappa shape index (κ1) is 24.7. The van der Waals surface area contributed by atoms with Crippen LogP contribution in [0.2, 0.25) is 5.02 Å². The Kier molecular flexibility index (Phi) is 9.33. The summed E-state index contributed by atoms with van der Waals surface area (Å²) in [6, 6.07) is 9.30. The number of hydrogen-bond donors (Lipinski definition) is 2. The summed E-state index contributed by atoms with van der Waals surface area (Å²) in [6.07, 6.45) is 1.49. The largest absolute Gasteiger partial charge is 0.492 e. The van der Waals surface area contributed by atoms with Crippen molar-refractivity contribution in [2.45, 2.75) is 26.8 Å². The van der Waals surface area contributed by atoms with Crippen molar-refractivity contribution in [3.63, 3.8) is 0 Å². The van der Waals surface area contributed by atoms with Gasteiger partial charge in [-0.1, -0.05) is 31.5 Å². The molecule has 0 aliphatic carbocycles. The molecule has 2 amide bonds. The standard InChI is InChI=1S/C22H25BrClN3O4/c1-5-31-18-10-14(9-17(23)20(18)30-4)12-25-27-22(29)19(13(2)3)26-21(28)15-7-6-8-16(24)11-15/h6-13,19H,5H2,1-4H3,(H,26,28)(H,27,29). The minimum Gasteiger partial charge on any atom is -0.492 e. The summed E-state index contributed by atoms with van der Waals surface area (Å²) in [5.74, 6) is 0.158. The minimum atomic E-state index is -0.773. The highest BCUT2D eigenvalue weighted by atomic mass is 79.9. The zero-order chi connectivity index (χ0) is 23.0. The second-order valence-electron chi connectivity index (χ2n) is 6.91. The lowest BCUT2D eigenvalue weighted by Gasteiger charge is -2.20. The van der Waals surface area contributed by atoms with Crippen molar-refractivity contribution in [2.75, 3.05) is 13.7 Å². The topological polar surface area (TPSA) is 89.0 Å². The van der Waals surface area contributed by atoms with Gasteiger partial charge in [-0.3, -0.25) is 9.59 Å². The summed E-state index contributed by atoms with van der Waals surface area (Å²) >= 11 is 9.37. The first-order valence-electron chi connectivity index (χ1n) is 9.66. The molecule has 0 spiro atoms. The molecule has 0 fully saturated rings. The van der Waals surface area contributed by atoms with E-state index in [0.717, 1.165) is 0 Å². The number of nitrogens with one attached hydrogen (secondary N) is 2. The van der Waals surface area contributed by atoms with Crippen molar-refractivity contribution in [3.05, 3.63) is 57.0 Å². The lowest BCUT2D eigenvalue weighted by atomic mass is 10.0. The molecular weight excluding hydrogens is 486 g/mol. The van der Waals surface area contributed by atoms with Crippen LogP contribution in [0.1, 0.15) is 36.7 Å². The zero-order valence-electron chi connectivity index (χ0n) is 17.7. The van der Waals surface area contributed by atoms with Crippen molar-refractivity contribution < 1.29 is 19.1 Å². The van der Waals surface area contributed by atoms with Gasteiger partial charge in [0.25, 0.3) is 11.8 Å². The molecule has 166 valence electrons. The second-order valence-corrected chi connectivity index (χ2v) is 8.20. The molecule has 1 unspecified atom stereocenters. The van der Waals surface area contributed by atoms with Gasteiger partial charge in [0.1, 0.15) is 6.04 Å². The minimum absolute atomic E-state index is 0.155. The molecule has 0 saturated carbocycles. The molecular formula is C22H25BrClN3O4. The molecule has 2 N–H and O–H groups in total. The van der Waals surface area contributed by atoms with Gasteiger partial charge in [0.15, 0.2) is 11.5 Å². The average molecular weight is 511 g/mol. The number of nitrogens with zero attached hydrogens (tertiary/aromatic N) is 1. The molecule has 0 aliphatic rings. The highest BCUT2D eigenvalue weighted by molar-refractivity contribution is 9.10. The van der Waals surface area contributed by atoms with Crippen LogP contribution in [-0.4, -0.2) is 37.8 Å². The van der Waals surface area contributed by atoms with Crippen LogP contribution in [0.25, 0.3) is 0 Å². The summed E-state index contributed by atoms with van der Waals surface area (Å²) in [6.45, 7) is 6.02. The Morgan fingerprint density at radius 3 is 2.61 bits per heavy atom. The van der Waals surface area contributed by atoms with Crippen molar-refractivity contribution in [2.24, 2.45) is 11.0 Å². The van der Waals surface area contributed by atoms with Gasteiger partial charge in [-0.05, 0) is 64.7 Å². The Hall–Kier alpha value is -2.58. The molecule has 9 heteroatoms. The molecule has 0 aliphatic heterocycles. The summed E-state index contributed by atoms with van der Waals surface area (Å²) in [5, 5.41) is 7.20. The highest BCUT2D eigenvalue weighted by Crippen LogP contribution is 2.36. The fourth-order valence-electron chi connectivity index (χ4n) is 2.75. The third-order valence-electron chi connectivity index (χ3n) is 4.25. The Bertz CT molecular complexity index is 966. The highest BCUT2D eigenvalue weighted by Gasteiger charge is 2.24. The van der Waals surface area contributed by atoms with Crippen molar-refractivity contribution in [3.8, 4) is 11.5 Å². The second kappa shape index (κ2) is 11.7. The fourth-order valence-corrected chi connectivity index (χ4v) is 3.56. The Labute approximate surface area is 195 Å². The fraction of sp³-hybridized carbons (Fsp3) is 0.318. The number of amides is 2. The van der Waals surface area contributed by atoms with E-state index in [0.29, 0.717) is 38.7 Å². The predicted molar refractivity (Wildman–Crippen MR) is 125 cm³/mol. The normalized spacial score (nSPS) is 12.0. The Morgan fingerprint density at radius 2 is 2.00 bits per heavy atom. The van der Waals surface area contributed by atoms with Gasteiger partial charge in [-0.2, -0.15) is 5.10 Å². The third-order valence-corrected chi connectivity index (χ3v) is 5.07. The molecule has 0 heterocycles. The lowest BCUT2D eigenvalue weighted by molar-refractivity contribution is -0.123. The molecule has 0 aromatic heterocycles. The molecule has 2 rings (SSSR count). The van der Waals surface area contributed by atoms with E-state index in [9.17, 15) is 9.59 Å². The molecule has 2 aromatic carbocycles.